The molecule has 2 amide bonds. The van der Waals surface area contributed by atoms with E-state index >= 15 is 0 Å². The molecule has 11 heteroatoms. The number of carbonyl (C=O) groups excluding carboxylic acids is 2. The van der Waals surface area contributed by atoms with Gasteiger partial charge < -0.3 is 9.80 Å². The van der Waals surface area contributed by atoms with Crippen LogP contribution in [0.25, 0.3) is 0 Å². The van der Waals surface area contributed by atoms with Crippen molar-refractivity contribution in [3.05, 3.63) is 5.82 Å². The lowest BCUT2D eigenvalue weighted by Gasteiger charge is -2.33. The Balaban J connectivity index is 1.88. The quantitative estimate of drug-likeness (QED) is 0.775. The average molecular weight is 334 g/mol. The maximum absolute atomic E-state index is 12.4. The van der Waals surface area contributed by atoms with E-state index in [0.29, 0.717) is 5.82 Å². The number of aryl methyl sites for hydroxylation is 1. The third-order valence-corrected chi connectivity index (χ3v) is 3.84. The SMILES string of the molecule is CN(Cc1nnnn1C)C(=O)C1CCN(C(=O)C(F)(F)F)CC1. The van der Waals surface area contributed by atoms with E-state index in [0.717, 1.165) is 4.90 Å². The summed E-state index contributed by atoms with van der Waals surface area (Å²) in [6.07, 6.45) is -4.45. The standard InChI is InChI=1S/C12H17F3N6O2/c1-19(7-9-16-17-18-20(9)2)10(22)8-3-5-21(6-4-8)11(23)12(13,14)15/h8H,3-7H2,1-2H3. The summed E-state index contributed by atoms with van der Waals surface area (Å²) in [6, 6.07) is 0. The Hall–Kier alpha value is -2.20. The third-order valence-electron chi connectivity index (χ3n) is 3.84. The van der Waals surface area contributed by atoms with Gasteiger partial charge in [-0.1, -0.05) is 0 Å². The van der Waals surface area contributed by atoms with Gasteiger partial charge in [-0.05, 0) is 23.3 Å². The topological polar surface area (TPSA) is 84.2 Å². The summed E-state index contributed by atoms with van der Waals surface area (Å²) in [7, 11) is 3.24. The molecule has 2 rings (SSSR count). The van der Waals surface area contributed by atoms with Crippen molar-refractivity contribution < 1.29 is 22.8 Å². The van der Waals surface area contributed by atoms with Crippen LogP contribution < -0.4 is 0 Å². The molecule has 0 bridgehead atoms. The van der Waals surface area contributed by atoms with Gasteiger partial charge in [-0.25, -0.2) is 4.68 Å². The Morgan fingerprint density at radius 2 is 1.91 bits per heavy atom. The van der Waals surface area contributed by atoms with Crippen molar-refractivity contribution in [2.24, 2.45) is 13.0 Å². The van der Waals surface area contributed by atoms with Crippen LogP contribution in [0.15, 0.2) is 0 Å². The second-order valence-electron chi connectivity index (χ2n) is 5.48. The van der Waals surface area contributed by atoms with Crippen molar-refractivity contribution >= 4 is 11.8 Å². The minimum Gasteiger partial charge on any atom is -0.338 e. The van der Waals surface area contributed by atoms with E-state index in [1.807, 2.05) is 0 Å². The van der Waals surface area contributed by atoms with Gasteiger partial charge in [0.05, 0.1) is 6.54 Å². The number of hydrogen-bond donors (Lipinski definition) is 0. The molecule has 8 nitrogen and oxygen atoms in total. The van der Waals surface area contributed by atoms with Crippen LogP contribution in [0.2, 0.25) is 0 Å². The molecule has 0 atom stereocenters. The van der Waals surface area contributed by atoms with Crippen molar-refractivity contribution in [3.8, 4) is 0 Å². The molecule has 1 aliphatic rings. The van der Waals surface area contributed by atoms with Gasteiger partial charge in [-0.2, -0.15) is 13.2 Å². The van der Waals surface area contributed by atoms with E-state index in [1.54, 1.807) is 14.1 Å². The molecule has 0 radical (unpaired) electrons. The summed E-state index contributed by atoms with van der Waals surface area (Å²) in [4.78, 5) is 25.7. The molecule has 2 heterocycles. The van der Waals surface area contributed by atoms with Crippen molar-refractivity contribution in [1.82, 2.24) is 30.0 Å². The number of hydrogen-bond acceptors (Lipinski definition) is 5. The summed E-state index contributed by atoms with van der Waals surface area (Å²) in [6.45, 7) is 0.0617. The second-order valence-corrected chi connectivity index (χ2v) is 5.48. The maximum Gasteiger partial charge on any atom is 0.471 e. The monoisotopic (exact) mass is 334 g/mol. The number of aromatic nitrogens is 4. The Labute approximate surface area is 130 Å². The Kier molecular flexibility index (Phi) is 4.85. The minimum atomic E-state index is -4.87. The van der Waals surface area contributed by atoms with Crippen molar-refractivity contribution in [2.75, 3.05) is 20.1 Å². The molecular formula is C12H17F3N6O2. The van der Waals surface area contributed by atoms with Crippen molar-refractivity contribution in [1.29, 1.82) is 0 Å². The number of rotatable bonds is 3. The summed E-state index contributed by atoms with van der Waals surface area (Å²) >= 11 is 0. The van der Waals surface area contributed by atoms with Gasteiger partial charge in [0, 0.05) is 33.1 Å². The number of halogens is 3. The van der Waals surface area contributed by atoms with E-state index in [9.17, 15) is 22.8 Å². The van der Waals surface area contributed by atoms with Crippen molar-refractivity contribution in [3.63, 3.8) is 0 Å². The highest BCUT2D eigenvalue weighted by Gasteiger charge is 2.43. The smallest absolute Gasteiger partial charge is 0.338 e. The van der Waals surface area contributed by atoms with Crippen LogP contribution in [-0.4, -0.2) is 68.1 Å². The van der Waals surface area contributed by atoms with E-state index < -0.39 is 18.0 Å². The summed E-state index contributed by atoms with van der Waals surface area (Å²) < 4.78 is 38.6. The van der Waals surface area contributed by atoms with Gasteiger partial charge in [-0.15, -0.1) is 5.10 Å². The molecule has 1 aromatic rings. The number of tetrazole rings is 1. The van der Waals surface area contributed by atoms with Gasteiger partial charge >= 0.3 is 12.1 Å². The molecule has 23 heavy (non-hydrogen) atoms. The van der Waals surface area contributed by atoms with Gasteiger partial charge in [0.15, 0.2) is 5.82 Å². The molecule has 128 valence electrons. The molecule has 0 spiro atoms. The first-order valence-electron chi connectivity index (χ1n) is 7.02. The molecule has 1 saturated heterocycles. The Bertz CT molecular complexity index is 580. The predicted octanol–water partition coefficient (Wildman–Crippen LogP) is -0.0306. The van der Waals surface area contributed by atoms with Crippen LogP contribution in [0.1, 0.15) is 18.7 Å². The highest BCUT2D eigenvalue weighted by Crippen LogP contribution is 2.25. The lowest BCUT2D eigenvalue weighted by Crippen LogP contribution is -2.47. The highest BCUT2D eigenvalue weighted by atomic mass is 19.4. The van der Waals surface area contributed by atoms with Gasteiger partial charge in [-0.3, -0.25) is 9.59 Å². The first kappa shape index (κ1) is 17.2. The van der Waals surface area contributed by atoms with Gasteiger partial charge in [0.1, 0.15) is 0 Å². The first-order valence-corrected chi connectivity index (χ1v) is 7.02. The average Bonchev–Trinajstić information content (AvgIpc) is 2.90. The Morgan fingerprint density at radius 1 is 1.30 bits per heavy atom. The van der Waals surface area contributed by atoms with Crippen LogP contribution in [0.4, 0.5) is 13.2 Å². The molecule has 0 N–H and O–H groups in total. The number of piperidine rings is 1. The van der Waals surface area contributed by atoms with E-state index in [2.05, 4.69) is 15.5 Å². The number of amides is 2. The molecule has 0 unspecified atom stereocenters. The van der Waals surface area contributed by atoms with E-state index in [1.165, 1.54) is 9.58 Å². The van der Waals surface area contributed by atoms with Gasteiger partial charge in [0.25, 0.3) is 0 Å². The first-order chi connectivity index (χ1) is 10.7. The van der Waals surface area contributed by atoms with Crippen molar-refractivity contribution in [2.45, 2.75) is 25.6 Å². The molecule has 0 saturated carbocycles. The molecule has 0 aromatic carbocycles. The molecule has 1 aliphatic heterocycles. The van der Waals surface area contributed by atoms with Crippen LogP contribution in [0.5, 0.6) is 0 Å². The second kappa shape index (κ2) is 6.50. The summed E-state index contributed by atoms with van der Waals surface area (Å²) in [5.74, 6) is -1.93. The van der Waals surface area contributed by atoms with Crippen LogP contribution in [0.3, 0.4) is 0 Å². The van der Waals surface area contributed by atoms with E-state index in [-0.39, 0.29) is 38.4 Å². The normalized spacial score (nSPS) is 16.5. The fourth-order valence-electron chi connectivity index (χ4n) is 2.49. The fourth-order valence-corrected chi connectivity index (χ4v) is 2.49. The molecule has 1 fully saturated rings. The minimum absolute atomic E-state index is 0.0753. The molecule has 0 aliphatic carbocycles. The zero-order valence-electron chi connectivity index (χ0n) is 12.7. The zero-order valence-corrected chi connectivity index (χ0v) is 12.7. The van der Waals surface area contributed by atoms with Crippen LogP contribution in [-0.2, 0) is 23.2 Å². The van der Waals surface area contributed by atoms with Crippen LogP contribution in [0, 0.1) is 5.92 Å². The number of likely N-dealkylation sites (tertiary alicyclic amines) is 1. The molecular weight excluding hydrogens is 317 g/mol. The largest absolute Gasteiger partial charge is 0.471 e. The van der Waals surface area contributed by atoms with E-state index in [4.69, 9.17) is 0 Å². The van der Waals surface area contributed by atoms with Crippen LogP contribution >= 0.6 is 0 Å². The fraction of sp³-hybridized carbons (Fsp3) is 0.750. The maximum atomic E-state index is 12.4. The lowest BCUT2D eigenvalue weighted by molar-refractivity contribution is -0.187. The Morgan fingerprint density at radius 3 is 2.39 bits per heavy atom. The number of nitrogens with zero attached hydrogens (tertiary/aromatic N) is 6. The van der Waals surface area contributed by atoms with Gasteiger partial charge in [0.2, 0.25) is 5.91 Å². The number of alkyl halides is 3. The number of carbonyl (C=O) groups is 2. The highest BCUT2D eigenvalue weighted by molar-refractivity contribution is 5.83. The third kappa shape index (κ3) is 3.96. The summed E-state index contributed by atoms with van der Waals surface area (Å²) in [5.41, 5.74) is 0. The molecule has 1 aromatic heterocycles. The zero-order chi connectivity index (χ0) is 17.2. The predicted molar refractivity (Wildman–Crippen MR) is 70.6 cm³/mol. The summed E-state index contributed by atoms with van der Waals surface area (Å²) in [5, 5.41) is 10.9. The lowest BCUT2D eigenvalue weighted by atomic mass is 9.95.